The molecule has 0 aliphatic carbocycles. The van der Waals surface area contributed by atoms with Gasteiger partial charge in [-0.3, -0.25) is 0 Å². The fourth-order valence-corrected chi connectivity index (χ4v) is 2.63. The second-order valence-corrected chi connectivity index (χ2v) is 11.4. The number of rotatable bonds is 4. The molecule has 1 rings (SSSR count). The van der Waals surface area contributed by atoms with E-state index >= 15 is 0 Å². The van der Waals surface area contributed by atoms with E-state index in [9.17, 15) is 0 Å². The Bertz CT molecular complexity index is 468. The molecule has 1 atom stereocenters. The van der Waals surface area contributed by atoms with Gasteiger partial charge in [0.05, 0.1) is 6.07 Å². The summed E-state index contributed by atoms with van der Waals surface area (Å²) in [7, 11) is -1.82. The Kier molecular flexibility index (Phi) is 4.81. The summed E-state index contributed by atoms with van der Waals surface area (Å²) in [6.07, 6.45) is 0.751. The molecule has 0 saturated heterocycles. The van der Waals surface area contributed by atoms with Crippen molar-refractivity contribution in [3.8, 4) is 11.8 Å². The molecule has 104 valence electrons. The van der Waals surface area contributed by atoms with Crippen LogP contribution in [0, 0.1) is 17.2 Å². The first kappa shape index (κ1) is 15.8. The largest absolute Gasteiger partial charge is 0.543 e. The first-order chi connectivity index (χ1) is 8.67. The van der Waals surface area contributed by atoms with E-state index in [0.717, 1.165) is 17.7 Å². The van der Waals surface area contributed by atoms with Crippen LogP contribution in [0.4, 0.5) is 0 Å². The van der Waals surface area contributed by atoms with Crippen LogP contribution in [0.5, 0.6) is 5.75 Å². The fourth-order valence-electron chi connectivity index (χ4n) is 1.58. The minimum absolute atomic E-state index is 0.0177. The summed E-state index contributed by atoms with van der Waals surface area (Å²) in [6, 6.07) is 10.4. The molecule has 0 spiro atoms. The van der Waals surface area contributed by atoms with E-state index in [1.54, 1.807) is 0 Å². The number of nitrogens with zero attached hydrogens (tertiary/aromatic N) is 1. The lowest BCUT2D eigenvalue weighted by Crippen LogP contribution is -2.44. The SMILES string of the molecule is CC(C#N)Cc1ccccc1O[Si](C)(C)C(C)(C)C. The molecule has 0 heterocycles. The average Bonchev–Trinajstić information content (AvgIpc) is 2.29. The quantitative estimate of drug-likeness (QED) is 0.741. The van der Waals surface area contributed by atoms with E-state index in [1.165, 1.54) is 0 Å². The Labute approximate surface area is 118 Å². The number of hydrogen-bond acceptors (Lipinski definition) is 2. The van der Waals surface area contributed by atoms with E-state index in [4.69, 9.17) is 9.69 Å². The van der Waals surface area contributed by atoms with Crippen molar-refractivity contribution in [2.45, 2.75) is 52.2 Å². The molecule has 0 aliphatic rings. The van der Waals surface area contributed by atoms with Crippen molar-refractivity contribution in [1.82, 2.24) is 0 Å². The smallest absolute Gasteiger partial charge is 0.250 e. The van der Waals surface area contributed by atoms with Crippen LogP contribution in [0.3, 0.4) is 0 Å². The first-order valence-corrected chi connectivity index (χ1v) is 9.75. The summed E-state index contributed by atoms with van der Waals surface area (Å²) in [5.41, 5.74) is 1.14. The van der Waals surface area contributed by atoms with Crippen molar-refractivity contribution >= 4 is 8.32 Å². The van der Waals surface area contributed by atoms with Gasteiger partial charge in [0.25, 0.3) is 0 Å². The van der Waals surface area contributed by atoms with Gasteiger partial charge in [0.1, 0.15) is 5.75 Å². The number of nitriles is 1. The van der Waals surface area contributed by atoms with E-state index in [2.05, 4.69) is 46.0 Å². The van der Waals surface area contributed by atoms with Gasteiger partial charge in [0.15, 0.2) is 0 Å². The Morgan fingerprint density at radius 3 is 2.37 bits per heavy atom. The van der Waals surface area contributed by atoms with Gasteiger partial charge in [0.2, 0.25) is 8.32 Å². The van der Waals surface area contributed by atoms with Crippen LogP contribution >= 0.6 is 0 Å². The highest BCUT2D eigenvalue weighted by molar-refractivity contribution is 6.74. The molecule has 0 radical (unpaired) electrons. The predicted molar refractivity (Wildman–Crippen MR) is 82.7 cm³/mol. The van der Waals surface area contributed by atoms with Gasteiger partial charge in [-0.05, 0) is 43.1 Å². The molecule has 0 aliphatic heterocycles. The number of hydrogen-bond donors (Lipinski definition) is 0. The minimum atomic E-state index is -1.82. The lowest BCUT2D eigenvalue weighted by molar-refractivity contribution is 0.484. The Morgan fingerprint density at radius 1 is 1.26 bits per heavy atom. The molecule has 0 amide bonds. The molecule has 0 aromatic heterocycles. The summed E-state index contributed by atoms with van der Waals surface area (Å²) in [4.78, 5) is 0. The van der Waals surface area contributed by atoms with Crippen LogP contribution in [0.25, 0.3) is 0 Å². The Morgan fingerprint density at radius 2 is 1.84 bits per heavy atom. The van der Waals surface area contributed by atoms with Crippen molar-refractivity contribution in [2.24, 2.45) is 5.92 Å². The monoisotopic (exact) mass is 275 g/mol. The van der Waals surface area contributed by atoms with Crippen molar-refractivity contribution < 1.29 is 4.43 Å². The normalized spacial score (nSPS) is 13.7. The van der Waals surface area contributed by atoms with Gasteiger partial charge < -0.3 is 4.43 Å². The molecule has 0 fully saturated rings. The molecular formula is C16H25NOSi. The summed E-state index contributed by atoms with van der Waals surface area (Å²) in [5.74, 6) is 0.973. The molecule has 1 aromatic rings. The number of para-hydroxylation sites is 1. The Hall–Kier alpha value is -1.27. The molecule has 0 saturated carbocycles. The second-order valence-electron chi connectivity index (χ2n) is 6.70. The van der Waals surface area contributed by atoms with Gasteiger partial charge >= 0.3 is 0 Å². The standard InChI is InChI=1S/C16H25NOSi/c1-13(12-17)11-14-9-7-8-10-15(14)18-19(5,6)16(2,3)4/h7-10,13H,11H2,1-6H3. The molecule has 3 heteroatoms. The van der Waals surface area contributed by atoms with Crippen LogP contribution in [0.2, 0.25) is 18.1 Å². The lowest BCUT2D eigenvalue weighted by atomic mass is 10.0. The van der Waals surface area contributed by atoms with Crippen LogP contribution in [0.1, 0.15) is 33.3 Å². The molecule has 0 N–H and O–H groups in total. The molecule has 2 nitrogen and oxygen atoms in total. The van der Waals surface area contributed by atoms with Gasteiger partial charge in [-0.15, -0.1) is 0 Å². The van der Waals surface area contributed by atoms with Crippen LogP contribution in [-0.2, 0) is 6.42 Å². The lowest BCUT2D eigenvalue weighted by Gasteiger charge is -2.37. The fraction of sp³-hybridized carbons (Fsp3) is 0.562. The zero-order valence-corrected chi connectivity index (χ0v) is 13.9. The summed E-state index contributed by atoms with van der Waals surface area (Å²) < 4.78 is 6.37. The molecular weight excluding hydrogens is 250 g/mol. The number of benzene rings is 1. The van der Waals surface area contributed by atoms with Crippen molar-refractivity contribution in [2.75, 3.05) is 0 Å². The third kappa shape index (κ3) is 4.11. The van der Waals surface area contributed by atoms with E-state index in [1.807, 2.05) is 25.1 Å². The maximum Gasteiger partial charge on any atom is 0.250 e. The van der Waals surface area contributed by atoms with Crippen molar-refractivity contribution in [1.29, 1.82) is 5.26 Å². The molecule has 1 unspecified atom stereocenters. The van der Waals surface area contributed by atoms with Crippen LogP contribution in [0.15, 0.2) is 24.3 Å². The molecule has 0 bridgehead atoms. The van der Waals surface area contributed by atoms with Gasteiger partial charge in [-0.1, -0.05) is 39.0 Å². The van der Waals surface area contributed by atoms with Crippen LogP contribution < -0.4 is 4.43 Å². The van der Waals surface area contributed by atoms with E-state index in [0.29, 0.717) is 0 Å². The molecule has 19 heavy (non-hydrogen) atoms. The third-order valence-electron chi connectivity index (χ3n) is 3.89. The highest BCUT2D eigenvalue weighted by atomic mass is 28.4. The van der Waals surface area contributed by atoms with Crippen molar-refractivity contribution in [3.63, 3.8) is 0 Å². The summed E-state index contributed by atoms with van der Waals surface area (Å²) in [5, 5.41) is 9.15. The zero-order valence-electron chi connectivity index (χ0n) is 12.9. The van der Waals surface area contributed by atoms with Gasteiger partial charge in [-0.2, -0.15) is 5.26 Å². The Balaban J connectivity index is 2.99. The van der Waals surface area contributed by atoms with Gasteiger partial charge in [-0.25, -0.2) is 0 Å². The van der Waals surface area contributed by atoms with E-state index < -0.39 is 8.32 Å². The maximum atomic E-state index is 8.97. The maximum absolute atomic E-state index is 8.97. The topological polar surface area (TPSA) is 33.0 Å². The highest BCUT2D eigenvalue weighted by Gasteiger charge is 2.39. The summed E-state index contributed by atoms with van der Waals surface area (Å²) >= 11 is 0. The average molecular weight is 275 g/mol. The first-order valence-electron chi connectivity index (χ1n) is 6.84. The zero-order chi connectivity index (χ0) is 14.7. The summed E-state index contributed by atoms with van der Waals surface area (Å²) in [6.45, 7) is 13.2. The second kappa shape index (κ2) is 5.79. The predicted octanol–water partition coefficient (Wildman–Crippen LogP) is 4.77. The minimum Gasteiger partial charge on any atom is -0.543 e. The third-order valence-corrected chi connectivity index (χ3v) is 8.23. The van der Waals surface area contributed by atoms with Crippen molar-refractivity contribution in [3.05, 3.63) is 29.8 Å². The highest BCUT2D eigenvalue weighted by Crippen LogP contribution is 2.38. The molecule has 1 aromatic carbocycles. The van der Waals surface area contributed by atoms with Crippen LogP contribution in [-0.4, -0.2) is 8.32 Å². The van der Waals surface area contributed by atoms with E-state index in [-0.39, 0.29) is 11.0 Å². The van der Waals surface area contributed by atoms with Gasteiger partial charge in [0, 0.05) is 5.92 Å².